The lowest BCUT2D eigenvalue weighted by molar-refractivity contribution is 0.463. The normalized spacial score (nSPS) is 14.3. The van der Waals surface area contributed by atoms with Crippen LogP contribution in [0.5, 0.6) is 0 Å². The summed E-state index contributed by atoms with van der Waals surface area (Å²) >= 11 is 13.0. The molecule has 0 fully saturated rings. The second kappa shape index (κ2) is 4.54. The van der Waals surface area contributed by atoms with Crippen LogP contribution in [-0.4, -0.2) is 6.69 Å². The van der Waals surface area contributed by atoms with Crippen molar-refractivity contribution in [1.29, 1.82) is 0 Å². The zero-order chi connectivity index (χ0) is 10.9. The van der Waals surface area contributed by atoms with Gasteiger partial charge in [0.1, 0.15) is 0 Å². The van der Waals surface area contributed by atoms with Crippen molar-refractivity contribution in [2.45, 2.75) is 52.6 Å². The summed E-state index contributed by atoms with van der Waals surface area (Å²) in [5.41, 5.74) is 0. The van der Waals surface area contributed by atoms with Crippen LogP contribution in [-0.2, 0) is 0 Å². The molecule has 3 heteroatoms. The predicted octanol–water partition coefficient (Wildman–Crippen LogP) is 5.00. The van der Waals surface area contributed by atoms with E-state index in [0.29, 0.717) is 11.8 Å². The van der Waals surface area contributed by atoms with Gasteiger partial charge in [-0.2, -0.15) is 0 Å². The molecule has 0 amide bonds. The van der Waals surface area contributed by atoms with Gasteiger partial charge in [-0.3, -0.25) is 0 Å². The zero-order valence-corrected chi connectivity index (χ0v) is 12.1. The molecule has 0 N–H and O–H groups in total. The molecule has 0 aliphatic carbocycles. The SMILES string of the molecule is CC(C)C[Si](Cl)(Cl)C(C)(C)C(C)C. The number of halogens is 2. The molecule has 0 aromatic rings. The maximum atomic E-state index is 6.52. The Bertz CT molecular complexity index is 162. The fourth-order valence-corrected chi connectivity index (χ4v) is 6.76. The highest BCUT2D eigenvalue weighted by Gasteiger charge is 2.47. The Kier molecular flexibility index (Phi) is 4.82. The minimum atomic E-state index is -2.11. The van der Waals surface area contributed by atoms with Crippen LogP contribution in [0.3, 0.4) is 0 Å². The Labute approximate surface area is 93.4 Å². The van der Waals surface area contributed by atoms with Crippen LogP contribution in [0, 0.1) is 11.8 Å². The van der Waals surface area contributed by atoms with E-state index < -0.39 is 6.69 Å². The summed E-state index contributed by atoms with van der Waals surface area (Å²) in [5.74, 6) is 1.15. The summed E-state index contributed by atoms with van der Waals surface area (Å²) in [4.78, 5) is 0. The highest BCUT2D eigenvalue weighted by atomic mass is 35.7. The van der Waals surface area contributed by atoms with E-state index in [1.807, 2.05) is 0 Å². The van der Waals surface area contributed by atoms with Gasteiger partial charge in [0.05, 0.1) is 0 Å². The zero-order valence-electron chi connectivity index (χ0n) is 9.62. The molecule has 0 saturated heterocycles. The third-order valence-electron chi connectivity index (χ3n) is 3.05. The van der Waals surface area contributed by atoms with E-state index in [0.717, 1.165) is 6.04 Å². The Morgan fingerprint density at radius 3 is 1.69 bits per heavy atom. The van der Waals surface area contributed by atoms with Gasteiger partial charge in [0.25, 0.3) is 6.69 Å². The highest BCUT2D eigenvalue weighted by Crippen LogP contribution is 2.51. The summed E-state index contributed by atoms with van der Waals surface area (Å²) < 4.78 is 0. The van der Waals surface area contributed by atoms with Gasteiger partial charge in [0, 0.05) is 0 Å². The minimum Gasteiger partial charge on any atom is -0.145 e. The summed E-state index contributed by atoms with van der Waals surface area (Å²) in [6, 6.07) is 0.987. The van der Waals surface area contributed by atoms with Gasteiger partial charge in [0.15, 0.2) is 0 Å². The third kappa shape index (κ3) is 3.45. The van der Waals surface area contributed by atoms with Crippen molar-refractivity contribution < 1.29 is 0 Å². The first-order chi connectivity index (χ1) is 5.61. The van der Waals surface area contributed by atoms with Gasteiger partial charge in [-0.1, -0.05) is 41.5 Å². The molecule has 13 heavy (non-hydrogen) atoms. The van der Waals surface area contributed by atoms with E-state index in [1.165, 1.54) is 0 Å². The van der Waals surface area contributed by atoms with Crippen LogP contribution >= 0.6 is 22.2 Å². The van der Waals surface area contributed by atoms with Crippen molar-refractivity contribution in [3.05, 3.63) is 0 Å². The maximum absolute atomic E-state index is 6.52. The molecule has 0 rings (SSSR count). The Balaban J connectivity index is 4.60. The lowest BCUT2D eigenvalue weighted by atomic mass is 9.99. The number of hydrogen-bond donors (Lipinski definition) is 0. The molecule has 0 aliphatic heterocycles. The molecule has 0 bridgehead atoms. The smallest absolute Gasteiger partial charge is 0.145 e. The van der Waals surface area contributed by atoms with Crippen molar-refractivity contribution in [2.24, 2.45) is 11.8 Å². The molecular formula is C10H22Cl2Si. The largest absolute Gasteiger partial charge is 0.257 e. The average Bonchev–Trinajstić information content (AvgIpc) is 1.83. The van der Waals surface area contributed by atoms with Gasteiger partial charge in [-0.25, -0.2) is 0 Å². The standard InChI is InChI=1S/C10H22Cl2Si/c1-8(2)7-13(11,12)10(5,6)9(3)4/h8-9H,7H2,1-6H3. The Morgan fingerprint density at radius 2 is 1.46 bits per heavy atom. The van der Waals surface area contributed by atoms with E-state index in [4.69, 9.17) is 22.2 Å². The van der Waals surface area contributed by atoms with E-state index in [2.05, 4.69) is 41.5 Å². The highest BCUT2D eigenvalue weighted by molar-refractivity contribution is 7.46. The van der Waals surface area contributed by atoms with Crippen LogP contribution in [0.4, 0.5) is 0 Å². The fraction of sp³-hybridized carbons (Fsp3) is 1.00. The van der Waals surface area contributed by atoms with Crippen LogP contribution in [0.1, 0.15) is 41.5 Å². The maximum Gasteiger partial charge on any atom is 0.257 e. The molecule has 0 heterocycles. The van der Waals surface area contributed by atoms with Gasteiger partial charge in [-0.05, 0) is 22.9 Å². The van der Waals surface area contributed by atoms with Crippen LogP contribution in [0.25, 0.3) is 0 Å². The van der Waals surface area contributed by atoms with Crippen LogP contribution in [0.15, 0.2) is 0 Å². The molecule has 80 valence electrons. The Hall–Kier alpha value is 0.797. The quantitative estimate of drug-likeness (QED) is 0.480. The van der Waals surface area contributed by atoms with E-state index >= 15 is 0 Å². The van der Waals surface area contributed by atoms with Crippen molar-refractivity contribution in [3.63, 3.8) is 0 Å². The first-order valence-corrected chi connectivity index (χ1v) is 9.22. The molecule has 0 aromatic heterocycles. The first kappa shape index (κ1) is 13.8. The first-order valence-electron chi connectivity index (χ1n) is 4.99. The molecule has 0 aliphatic rings. The lowest BCUT2D eigenvalue weighted by Crippen LogP contribution is -2.38. The van der Waals surface area contributed by atoms with E-state index in [9.17, 15) is 0 Å². The van der Waals surface area contributed by atoms with E-state index in [-0.39, 0.29) is 5.04 Å². The van der Waals surface area contributed by atoms with Gasteiger partial charge >= 0.3 is 0 Å². The van der Waals surface area contributed by atoms with Crippen molar-refractivity contribution in [1.82, 2.24) is 0 Å². The second-order valence-corrected chi connectivity index (χ2v) is 12.7. The van der Waals surface area contributed by atoms with Gasteiger partial charge in [-0.15, -0.1) is 22.2 Å². The monoisotopic (exact) mass is 240 g/mol. The number of hydrogen-bond acceptors (Lipinski definition) is 0. The minimum absolute atomic E-state index is 0.0976. The molecule has 0 unspecified atom stereocenters. The fourth-order valence-electron chi connectivity index (χ4n) is 1.20. The summed E-state index contributed by atoms with van der Waals surface area (Å²) in [5, 5.41) is 0.0976. The van der Waals surface area contributed by atoms with Crippen molar-refractivity contribution in [2.75, 3.05) is 0 Å². The molecular weight excluding hydrogens is 219 g/mol. The summed E-state index contributed by atoms with van der Waals surface area (Å²) in [7, 11) is 0. The van der Waals surface area contributed by atoms with Crippen molar-refractivity contribution >= 4 is 28.9 Å². The van der Waals surface area contributed by atoms with Crippen molar-refractivity contribution in [3.8, 4) is 0 Å². The Morgan fingerprint density at radius 1 is 1.08 bits per heavy atom. The predicted molar refractivity (Wildman–Crippen MR) is 66.0 cm³/mol. The van der Waals surface area contributed by atoms with Gasteiger partial charge in [0.2, 0.25) is 0 Å². The number of rotatable bonds is 4. The topological polar surface area (TPSA) is 0 Å². The molecule has 0 saturated carbocycles. The third-order valence-corrected chi connectivity index (χ3v) is 10.7. The average molecular weight is 241 g/mol. The molecule has 0 atom stereocenters. The summed E-state index contributed by atoms with van der Waals surface area (Å²) in [6.45, 7) is 11.1. The molecule has 0 nitrogen and oxygen atoms in total. The summed E-state index contributed by atoms with van der Waals surface area (Å²) in [6.07, 6.45) is 0. The molecule has 0 radical (unpaired) electrons. The molecule has 0 spiro atoms. The van der Waals surface area contributed by atoms with Crippen LogP contribution < -0.4 is 0 Å². The second-order valence-electron chi connectivity index (χ2n) is 5.18. The molecule has 0 aromatic carbocycles. The van der Waals surface area contributed by atoms with Gasteiger partial charge < -0.3 is 0 Å². The lowest BCUT2D eigenvalue weighted by Gasteiger charge is -2.39. The van der Waals surface area contributed by atoms with E-state index in [1.54, 1.807) is 0 Å². The van der Waals surface area contributed by atoms with Crippen LogP contribution in [0.2, 0.25) is 11.1 Å².